The van der Waals surface area contributed by atoms with Gasteiger partial charge >= 0.3 is 12.1 Å². The first kappa shape index (κ1) is 19.9. The van der Waals surface area contributed by atoms with Crippen LogP contribution in [0.1, 0.15) is 51.4 Å². The molecule has 1 aromatic carbocycles. The van der Waals surface area contributed by atoms with Crippen LogP contribution in [0.4, 0.5) is 19.0 Å². The number of carbonyl (C=O) groups excluding carboxylic acids is 2. The monoisotopic (exact) mass is 395 g/mol. The fourth-order valence-corrected chi connectivity index (χ4v) is 3.27. The molecule has 3 rings (SSSR count). The molecule has 2 atom stereocenters. The Morgan fingerprint density at radius 3 is 2.64 bits per heavy atom. The van der Waals surface area contributed by atoms with Gasteiger partial charge in [-0.25, -0.2) is 9.48 Å². The number of aryl methyl sites for hydroxylation is 2. The van der Waals surface area contributed by atoms with Crippen LogP contribution in [0, 0.1) is 13.8 Å². The number of Topliss-reactive ketones (excluding diaryl/α,β-unsaturated/α-hetero) is 1. The molecule has 2 heterocycles. The summed E-state index contributed by atoms with van der Waals surface area (Å²) in [5.74, 6) is -1.25. The third-order valence-electron chi connectivity index (χ3n) is 4.61. The van der Waals surface area contributed by atoms with E-state index in [0.717, 1.165) is 15.8 Å². The Balaban J connectivity index is 1.73. The van der Waals surface area contributed by atoms with Gasteiger partial charge in [-0.1, -0.05) is 23.8 Å². The minimum absolute atomic E-state index is 0.0914. The fourth-order valence-electron chi connectivity index (χ4n) is 3.27. The van der Waals surface area contributed by atoms with Crippen LogP contribution >= 0.6 is 0 Å². The van der Waals surface area contributed by atoms with Crippen molar-refractivity contribution in [1.82, 2.24) is 9.78 Å². The average Bonchev–Trinajstić information content (AvgIpc) is 3.01. The van der Waals surface area contributed by atoms with E-state index in [4.69, 9.17) is 4.74 Å². The Labute approximate surface area is 159 Å². The fraction of sp³-hybridized carbons (Fsp3) is 0.421. The second-order valence-electron chi connectivity index (χ2n) is 7.02. The number of anilines is 1. The van der Waals surface area contributed by atoms with Gasteiger partial charge in [0, 0.05) is 17.7 Å². The van der Waals surface area contributed by atoms with Gasteiger partial charge in [-0.3, -0.25) is 4.79 Å². The van der Waals surface area contributed by atoms with Crippen LogP contribution in [-0.2, 0) is 4.74 Å². The molecule has 28 heavy (non-hydrogen) atoms. The molecule has 0 saturated heterocycles. The number of esters is 1. The van der Waals surface area contributed by atoms with Crippen LogP contribution in [0.25, 0.3) is 0 Å². The smallest absolute Gasteiger partial charge is 0.410 e. The summed E-state index contributed by atoms with van der Waals surface area (Å²) >= 11 is 0. The summed E-state index contributed by atoms with van der Waals surface area (Å²) in [4.78, 5) is 24.5. The van der Waals surface area contributed by atoms with Gasteiger partial charge in [-0.05, 0) is 32.8 Å². The molecule has 0 spiro atoms. The average molecular weight is 395 g/mol. The lowest BCUT2D eigenvalue weighted by Gasteiger charge is -2.31. The van der Waals surface area contributed by atoms with E-state index in [1.807, 2.05) is 13.0 Å². The molecule has 9 heteroatoms. The highest BCUT2D eigenvalue weighted by Crippen LogP contribution is 2.39. The van der Waals surface area contributed by atoms with Crippen molar-refractivity contribution in [2.75, 3.05) is 11.9 Å². The van der Waals surface area contributed by atoms with Gasteiger partial charge in [0.1, 0.15) is 5.82 Å². The van der Waals surface area contributed by atoms with E-state index < -0.39 is 36.6 Å². The van der Waals surface area contributed by atoms with Gasteiger partial charge in [0.2, 0.25) is 5.78 Å². The van der Waals surface area contributed by atoms with Crippen molar-refractivity contribution in [3.63, 3.8) is 0 Å². The minimum Gasteiger partial charge on any atom is -0.453 e. The van der Waals surface area contributed by atoms with Crippen LogP contribution in [0.15, 0.2) is 24.3 Å². The van der Waals surface area contributed by atoms with Gasteiger partial charge in [0.05, 0.1) is 0 Å². The molecule has 0 bridgehead atoms. The summed E-state index contributed by atoms with van der Waals surface area (Å²) in [6.07, 6.45) is -4.69. The highest BCUT2D eigenvalue weighted by molar-refractivity contribution is 6.00. The molecule has 0 fully saturated rings. The molecule has 0 saturated carbocycles. The Hall–Kier alpha value is -2.84. The zero-order valence-corrected chi connectivity index (χ0v) is 15.6. The normalized spacial score (nSPS) is 18.9. The Bertz CT molecular complexity index is 921. The number of hydrogen-bond acceptors (Lipinski definition) is 5. The van der Waals surface area contributed by atoms with E-state index in [1.165, 1.54) is 6.07 Å². The van der Waals surface area contributed by atoms with Gasteiger partial charge in [0.15, 0.2) is 18.3 Å². The lowest BCUT2D eigenvalue weighted by atomic mass is 10.0. The van der Waals surface area contributed by atoms with Crippen LogP contribution in [0.5, 0.6) is 0 Å². The first-order chi connectivity index (χ1) is 13.1. The molecule has 0 unspecified atom stereocenters. The van der Waals surface area contributed by atoms with Gasteiger partial charge in [-0.2, -0.15) is 18.3 Å². The molecular weight excluding hydrogens is 375 g/mol. The van der Waals surface area contributed by atoms with Gasteiger partial charge in [0.25, 0.3) is 0 Å². The second-order valence-corrected chi connectivity index (χ2v) is 7.02. The third kappa shape index (κ3) is 4.02. The molecule has 150 valence electrons. The van der Waals surface area contributed by atoms with E-state index in [2.05, 4.69) is 10.4 Å². The number of ether oxygens (including phenoxy) is 1. The maximum absolute atomic E-state index is 13.3. The molecule has 2 aromatic rings. The van der Waals surface area contributed by atoms with Crippen LogP contribution < -0.4 is 5.32 Å². The molecule has 1 aromatic heterocycles. The van der Waals surface area contributed by atoms with Crippen molar-refractivity contribution in [1.29, 1.82) is 0 Å². The first-order valence-electron chi connectivity index (χ1n) is 8.76. The van der Waals surface area contributed by atoms with E-state index >= 15 is 0 Å². The lowest BCUT2D eigenvalue weighted by molar-refractivity contribution is -0.173. The number of ketones is 1. The molecular formula is C19H20F3N3O3. The zero-order valence-electron chi connectivity index (χ0n) is 15.6. The van der Waals surface area contributed by atoms with Crippen LogP contribution in [0.2, 0.25) is 0 Å². The molecule has 0 amide bonds. The number of benzene rings is 1. The molecule has 1 aliphatic heterocycles. The molecule has 0 aliphatic carbocycles. The van der Waals surface area contributed by atoms with E-state index in [9.17, 15) is 22.8 Å². The van der Waals surface area contributed by atoms with E-state index in [0.29, 0.717) is 5.56 Å². The number of nitrogens with zero attached hydrogens (tertiary/aromatic N) is 2. The highest BCUT2D eigenvalue weighted by Gasteiger charge is 2.45. The summed E-state index contributed by atoms with van der Waals surface area (Å²) in [7, 11) is 0. The quantitative estimate of drug-likeness (QED) is 0.629. The lowest BCUT2D eigenvalue weighted by Crippen LogP contribution is -2.37. The summed E-state index contributed by atoms with van der Waals surface area (Å²) in [5.41, 5.74) is 1.90. The molecule has 1 N–H and O–H groups in total. The van der Waals surface area contributed by atoms with Gasteiger partial charge in [-0.15, -0.1) is 0 Å². The molecule has 1 aliphatic rings. The number of alkyl halides is 3. The number of halogens is 3. The molecule has 0 radical (unpaired) electrons. The van der Waals surface area contributed by atoms with Crippen LogP contribution in [0.3, 0.4) is 0 Å². The topological polar surface area (TPSA) is 73.2 Å². The minimum atomic E-state index is -4.49. The number of carbonyl (C=O) groups is 2. The first-order valence-corrected chi connectivity index (χ1v) is 8.76. The molecule has 6 nitrogen and oxygen atoms in total. The zero-order chi connectivity index (χ0) is 20.6. The number of fused-ring (bicyclic) bond motifs is 1. The van der Waals surface area contributed by atoms with Crippen molar-refractivity contribution in [2.24, 2.45) is 0 Å². The summed E-state index contributed by atoms with van der Waals surface area (Å²) in [6.45, 7) is 4.77. The Morgan fingerprint density at radius 1 is 1.29 bits per heavy atom. The number of hydrogen-bond donors (Lipinski definition) is 1. The maximum Gasteiger partial charge on any atom is 0.410 e. The Kier molecular flexibility index (Phi) is 5.18. The van der Waals surface area contributed by atoms with E-state index in [1.54, 1.807) is 26.0 Å². The van der Waals surface area contributed by atoms with Crippen molar-refractivity contribution >= 4 is 17.6 Å². The predicted molar refractivity (Wildman–Crippen MR) is 95.5 cm³/mol. The van der Waals surface area contributed by atoms with Crippen LogP contribution in [-0.4, -0.2) is 40.4 Å². The second kappa shape index (κ2) is 7.29. The van der Waals surface area contributed by atoms with Crippen molar-refractivity contribution in [2.45, 2.75) is 45.5 Å². The standard InChI is InChI=1S/C19H20F3N3O3/c1-10-4-5-13(11(2)6-10)15(26)9-28-18(27)14-8-17-23-12(3)7-16(19(20,21)22)25(17)24-14/h4-6,8,12,16,23H,7,9H2,1-3H3/t12-,16+/m1/s1. The number of nitrogens with one attached hydrogen (secondary N) is 1. The van der Waals surface area contributed by atoms with Crippen molar-refractivity contribution in [3.05, 3.63) is 46.6 Å². The summed E-state index contributed by atoms with van der Waals surface area (Å²) in [6, 6.07) is 4.22. The largest absolute Gasteiger partial charge is 0.453 e. The predicted octanol–water partition coefficient (Wildman–Crippen LogP) is 3.85. The Morgan fingerprint density at radius 2 is 2.00 bits per heavy atom. The summed E-state index contributed by atoms with van der Waals surface area (Å²) in [5, 5.41) is 6.63. The van der Waals surface area contributed by atoms with E-state index in [-0.39, 0.29) is 17.9 Å². The maximum atomic E-state index is 13.3. The van der Waals surface area contributed by atoms with Crippen molar-refractivity contribution < 1.29 is 27.5 Å². The summed E-state index contributed by atoms with van der Waals surface area (Å²) < 4.78 is 45.5. The highest BCUT2D eigenvalue weighted by atomic mass is 19.4. The SMILES string of the molecule is Cc1ccc(C(=O)COC(=O)c2cc3n(n2)[C@H](C(F)(F)F)C[C@@H](C)N3)c(C)c1. The van der Waals surface area contributed by atoms with Gasteiger partial charge < -0.3 is 10.1 Å². The van der Waals surface area contributed by atoms with Crippen molar-refractivity contribution in [3.8, 4) is 0 Å². The number of aromatic nitrogens is 2. The third-order valence-corrected chi connectivity index (χ3v) is 4.61. The number of rotatable bonds is 4.